The molecule has 3 aromatic rings. The summed E-state index contributed by atoms with van der Waals surface area (Å²) in [6, 6.07) is 7.65. The zero-order valence-corrected chi connectivity index (χ0v) is 20.9. The van der Waals surface area contributed by atoms with E-state index in [4.69, 9.17) is 4.98 Å². The van der Waals surface area contributed by atoms with Crippen LogP contribution in [0.25, 0.3) is 10.2 Å². The Morgan fingerprint density at radius 2 is 1.82 bits per heavy atom. The normalized spacial score (nSPS) is 16.0. The number of rotatable bonds is 6. The third-order valence-electron chi connectivity index (χ3n) is 6.61. The van der Waals surface area contributed by atoms with Crippen LogP contribution in [0.3, 0.4) is 0 Å². The second kappa shape index (κ2) is 9.92. The van der Waals surface area contributed by atoms with E-state index < -0.39 is 0 Å². The van der Waals surface area contributed by atoms with E-state index in [-0.39, 0.29) is 17.2 Å². The smallest absolute Gasteiger partial charge is 0.259 e. The Labute approximate surface area is 206 Å². The molecule has 1 aromatic carbocycles. The van der Waals surface area contributed by atoms with E-state index >= 15 is 0 Å². The van der Waals surface area contributed by atoms with Gasteiger partial charge in [0.1, 0.15) is 10.7 Å². The van der Waals surface area contributed by atoms with Gasteiger partial charge in [0.05, 0.1) is 16.9 Å². The number of piperazine rings is 1. The van der Waals surface area contributed by atoms with E-state index in [1.165, 1.54) is 28.6 Å². The summed E-state index contributed by atoms with van der Waals surface area (Å²) < 4.78 is 0. The van der Waals surface area contributed by atoms with Gasteiger partial charge in [0.2, 0.25) is 5.91 Å². The third-order valence-corrected chi connectivity index (χ3v) is 8.72. The lowest BCUT2D eigenvalue weighted by atomic mass is 9.97. The van der Waals surface area contributed by atoms with E-state index in [1.807, 2.05) is 29.2 Å². The van der Waals surface area contributed by atoms with Gasteiger partial charge in [-0.05, 0) is 62.4 Å². The van der Waals surface area contributed by atoms with Crippen LogP contribution in [-0.4, -0.2) is 58.5 Å². The summed E-state index contributed by atoms with van der Waals surface area (Å²) in [6.07, 6.45) is 4.34. The number of fused-ring (bicyclic) bond motifs is 3. The number of carbonyl (C=O) groups excluding carboxylic acids is 2. The van der Waals surface area contributed by atoms with Gasteiger partial charge in [0, 0.05) is 42.3 Å². The number of nitrogens with zero attached hydrogens (tertiary/aromatic N) is 3. The van der Waals surface area contributed by atoms with Crippen LogP contribution in [0.1, 0.15) is 46.4 Å². The number of nitrogens with one attached hydrogen (secondary N) is 1. The fourth-order valence-electron chi connectivity index (χ4n) is 4.72. The van der Waals surface area contributed by atoms with Crippen molar-refractivity contribution in [2.24, 2.45) is 0 Å². The van der Waals surface area contributed by atoms with Crippen molar-refractivity contribution in [3.05, 3.63) is 56.4 Å². The highest BCUT2D eigenvalue weighted by Gasteiger charge is 2.22. The maximum Gasteiger partial charge on any atom is 0.259 e. The number of Topliss-reactive ketones (excluding diaryl/α,β-unsaturated/α-hetero) is 1. The van der Waals surface area contributed by atoms with Crippen LogP contribution in [0.2, 0.25) is 0 Å². The predicted octanol–water partition coefficient (Wildman–Crippen LogP) is 3.65. The molecule has 0 spiro atoms. The Morgan fingerprint density at radius 1 is 1.09 bits per heavy atom. The first-order chi connectivity index (χ1) is 16.5. The number of benzene rings is 1. The molecule has 3 heterocycles. The van der Waals surface area contributed by atoms with Crippen LogP contribution in [0.5, 0.6) is 0 Å². The van der Waals surface area contributed by atoms with E-state index in [2.05, 4.69) is 9.88 Å². The molecule has 1 aliphatic carbocycles. The number of H-pyrrole nitrogens is 1. The zero-order chi connectivity index (χ0) is 23.7. The zero-order valence-electron chi connectivity index (χ0n) is 19.3. The topological polar surface area (TPSA) is 86.4 Å². The molecule has 1 aliphatic heterocycles. The fraction of sp³-hybridized carbons (Fsp3) is 0.440. The maximum absolute atomic E-state index is 12.7. The lowest BCUT2D eigenvalue weighted by Gasteiger charge is -2.36. The fourth-order valence-corrected chi connectivity index (χ4v) is 6.79. The molecule has 0 atom stereocenters. The number of ketones is 1. The van der Waals surface area contributed by atoms with Gasteiger partial charge in [-0.25, -0.2) is 4.98 Å². The van der Waals surface area contributed by atoms with Crippen LogP contribution in [0.4, 0.5) is 5.69 Å². The van der Waals surface area contributed by atoms with Gasteiger partial charge in [-0.15, -0.1) is 23.1 Å². The largest absolute Gasteiger partial charge is 0.368 e. The van der Waals surface area contributed by atoms with Crippen LogP contribution in [0.15, 0.2) is 29.1 Å². The molecule has 178 valence electrons. The molecule has 0 radical (unpaired) electrons. The number of thiophene rings is 1. The van der Waals surface area contributed by atoms with Crippen molar-refractivity contribution in [3.8, 4) is 0 Å². The Hall–Kier alpha value is -2.65. The molecule has 1 fully saturated rings. The standard InChI is InChI=1S/C25H28N4O3S2/c1-16(30)17-6-8-18(9-7-17)28-10-12-29(13-11-28)22(31)15-33-14-21-26-24(32)23-19-4-2-3-5-20(19)34-25(23)27-21/h6-9H,2-5,10-15H2,1H3,(H,26,27,32). The van der Waals surface area contributed by atoms with Crippen molar-refractivity contribution >= 4 is 50.7 Å². The van der Waals surface area contributed by atoms with Crippen molar-refractivity contribution in [2.45, 2.75) is 38.4 Å². The first-order valence-electron chi connectivity index (χ1n) is 11.7. The molecule has 2 aromatic heterocycles. The highest BCUT2D eigenvalue weighted by atomic mass is 32.2. The number of aromatic amines is 1. The monoisotopic (exact) mass is 496 g/mol. The Kier molecular flexibility index (Phi) is 6.74. The second-order valence-electron chi connectivity index (χ2n) is 8.87. The van der Waals surface area contributed by atoms with Crippen molar-refractivity contribution in [1.29, 1.82) is 0 Å². The quantitative estimate of drug-likeness (QED) is 0.525. The molecule has 2 aliphatic rings. The van der Waals surface area contributed by atoms with Crippen LogP contribution < -0.4 is 10.5 Å². The lowest BCUT2D eigenvalue weighted by molar-refractivity contribution is -0.128. The maximum atomic E-state index is 12.7. The van der Waals surface area contributed by atoms with E-state index in [0.717, 1.165) is 48.3 Å². The minimum Gasteiger partial charge on any atom is -0.368 e. The first-order valence-corrected chi connectivity index (χ1v) is 13.7. The van der Waals surface area contributed by atoms with Gasteiger partial charge in [-0.1, -0.05) is 0 Å². The molecule has 9 heteroatoms. The lowest BCUT2D eigenvalue weighted by Crippen LogP contribution is -2.49. The average Bonchev–Trinajstić information content (AvgIpc) is 3.23. The number of anilines is 1. The van der Waals surface area contributed by atoms with Gasteiger partial charge < -0.3 is 14.8 Å². The summed E-state index contributed by atoms with van der Waals surface area (Å²) >= 11 is 3.15. The molecule has 5 rings (SSSR count). The summed E-state index contributed by atoms with van der Waals surface area (Å²) in [6.45, 7) is 4.46. The Bertz CT molecular complexity index is 1270. The SMILES string of the molecule is CC(=O)c1ccc(N2CCN(C(=O)CSCc3nc4sc5c(c4c(=O)[nH]3)CCCC5)CC2)cc1. The molecule has 1 amide bonds. The molecule has 1 saturated heterocycles. The second-order valence-corrected chi connectivity index (χ2v) is 10.9. The molecule has 0 saturated carbocycles. The number of hydrogen-bond acceptors (Lipinski definition) is 7. The molecular weight excluding hydrogens is 468 g/mol. The van der Waals surface area contributed by atoms with Gasteiger partial charge in [0.25, 0.3) is 5.56 Å². The number of thioether (sulfide) groups is 1. The highest BCUT2D eigenvalue weighted by Crippen LogP contribution is 2.33. The number of carbonyl (C=O) groups is 2. The van der Waals surface area contributed by atoms with E-state index in [9.17, 15) is 14.4 Å². The average molecular weight is 497 g/mol. The summed E-state index contributed by atoms with van der Waals surface area (Å²) in [5, 5.41) is 0.776. The van der Waals surface area contributed by atoms with Gasteiger partial charge in [-0.2, -0.15) is 0 Å². The number of aromatic nitrogens is 2. The molecule has 0 bridgehead atoms. The van der Waals surface area contributed by atoms with Gasteiger partial charge in [-0.3, -0.25) is 14.4 Å². The summed E-state index contributed by atoms with van der Waals surface area (Å²) in [4.78, 5) is 50.8. The van der Waals surface area contributed by atoms with Crippen molar-refractivity contribution in [3.63, 3.8) is 0 Å². The number of amides is 1. The highest BCUT2D eigenvalue weighted by molar-refractivity contribution is 7.99. The minimum atomic E-state index is -0.0428. The Morgan fingerprint density at radius 3 is 2.56 bits per heavy atom. The predicted molar refractivity (Wildman–Crippen MR) is 138 cm³/mol. The van der Waals surface area contributed by atoms with Crippen molar-refractivity contribution in [1.82, 2.24) is 14.9 Å². The number of hydrogen-bond donors (Lipinski definition) is 1. The van der Waals surface area contributed by atoms with Crippen LogP contribution in [0, 0.1) is 0 Å². The van der Waals surface area contributed by atoms with Gasteiger partial charge in [0.15, 0.2) is 5.78 Å². The van der Waals surface area contributed by atoms with E-state index in [1.54, 1.807) is 18.3 Å². The van der Waals surface area contributed by atoms with Crippen LogP contribution >= 0.6 is 23.1 Å². The molecule has 0 unspecified atom stereocenters. The van der Waals surface area contributed by atoms with Crippen molar-refractivity contribution < 1.29 is 9.59 Å². The minimum absolute atomic E-state index is 0.0428. The first kappa shape index (κ1) is 23.1. The van der Waals surface area contributed by atoms with Crippen molar-refractivity contribution in [2.75, 3.05) is 36.8 Å². The molecular formula is C25H28N4O3S2. The van der Waals surface area contributed by atoms with Gasteiger partial charge >= 0.3 is 0 Å². The molecule has 7 nitrogen and oxygen atoms in total. The third kappa shape index (κ3) is 4.77. The summed E-state index contributed by atoms with van der Waals surface area (Å²) in [7, 11) is 0. The molecule has 1 N–H and O–H groups in total. The molecule has 34 heavy (non-hydrogen) atoms. The Balaban J connectivity index is 1.13. The number of aryl methyl sites for hydroxylation is 2. The summed E-state index contributed by atoms with van der Waals surface area (Å²) in [5.41, 5.74) is 2.94. The van der Waals surface area contributed by atoms with Crippen LogP contribution in [-0.2, 0) is 23.4 Å². The van der Waals surface area contributed by atoms with E-state index in [0.29, 0.717) is 36.0 Å². The summed E-state index contributed by atoms with van der Waals surface area (Å²) in [5.74, 6) is 1.71.